The van der Waals surface area contributed by atoms with Gasteiger partial charge in [0.25, 0.3) is 0 Å². The quantitative estimate of drug-likeness (QED) is 0.496. The minimum atomic E-state index is -1.26. The summed E-state index contributed by atoms with van der Waals surface area (Å²) in [6.45, 7) is 1.78. The van der Waals surface area contributed by atoms with E-state index in [0.29, 0.717) is 0 Å². The molecule has 0 heterocycles. The highest BCUT2D eigenvalue weighted by molar-refractivity contribution is 5.88. The number of hydrogen-bond acceptors (Lipinski definition) is 4. The molecule has 0 aliphatic heterocycles. The van der Waals surface area contributed by atoms with Crippen LogP contribution in [-0.2, 0) is 14.3 Å². The Morgan fingerprint density at radius 2 is 1.60 bits per heavy atom. The van der Waals surface area contributed by atoms with Gasteiger partial charge < -0.3 is 20.5 Å². The number of carboxylic acid groups (broad SMARTS) is 1. The van der Waals surface area contributed by atoms with Gasteiger partial charge in [0.05, 0.1) is 0 Å². The van der Waals surface area contributed by atoms with Crippen LogP contribution in [0.2, 0.25) is 0 Å². The first-order chi connectivity index (χ1) is 16.9. The molecule has 2 atom stereocenters. The molecule has 0 spiro atoms. The first-order valence-electron chi connectivity index (χ1n) is 12.5. The molecule has 7 heteroatoms. The van der Waals surface area contributed by atoms with Crippen molar-refractivity contribution in [1.29, 1.82) is 0 Å². The van der Waals surface area contributed by atoms with Crippen molar-refractivity contribution in [3.63, 3.8) is 0 Å². The minimum Gasteiger partial charge on any atom is -0.480 e. The normalized spacial score (nSPS) is 19.5. The fourth-order valence-electron chi connectivity index (χ4n) is 5.50. The lowest BCUT2D eigenvalue weighted by molar-refractivity contribution is -0.148. The molecule has 2 amide bonds. The summed E-state index contributed by atoms with van der Waals surface area (Å²) in [6, 6.07) is 16.0. The summed E-state index contributed by atoms with van der Waals surface area (Å²) in [5, 5.41) is 15.3. The number of ether oxygens (including phenoxy) is 1. The molecule has 2 unspecified atom stereocenters. The van der Waals surface area contributed by atoms with Crippen LogP contribution in [0.5, 0.6) is 0 Å². The molecule has 2 fully saturated rings. The fraction of sp³-hybridized carbons (Fsp3) is 0.464. The summed E-state index contributed by atoms with van der Waals surface area (Å²) in [5.41, 5.74) is 3.36. The smallest absolute Gasteiger partial charge is 0.407 e. The van der Waals surface area contributed by atoms with Gasteiger partial charge >= 0.3 is 12.1 Å². The van der Waals surface area contributed by atoms with Gasteiger partial charge in [-0.2, -0.15) is 0 Å². The molecule has 35 heavy (non-hydrogen) atoms. The van der Waals surface area contributed by atoms with E-state index in [2.05, 4.69) is 34.9 Å². The van der Waals surface area contributed by atoms with Crippen LogP contribution in [0.15, 0.2) is 48.5 Å². The Labute approximate surface area is 205 Å². The molecule has 0 saturated heterocycles. The molecule has 3 aliphatic rings. The van der Waals surface area contributed by atoms with E-state index in [-0.39, 0.29) is 42.7 Å². The third kappa shape index (κ3) is 4.64. The second-order valence-electron chi connectivity index (χ2n) is 10.3. The Kier molecular flexibility index (Phi) is 6.26. The van der Waals surface area contributed by atoms with E-state index in [4.69, 9.17) is 4.74 Å². The van der Waals surface area contributed by atoms with Crippen LogP contribution in [0.4, 0.5) is 4.79 Å². The first kappa shape index (κ1) is 23.4. The standard InChI is InChI=1S/C28H32N2O5/c1-28(26(32)33,18-13-14-18)30-25(31)15-24(17-7-6-8-17)29-27(34)35-16-23-21-11-4-2-9-19(21)20-10-3-5-12-22(20)23/h2-5,9-12,17-18,23-24H,6-8,13-16H2,1H3,(H,29,34)(H,30,31)(H,32,33). The lowest BCUT2D eigenvalue weighted by Crippen LogP contribution is -2.56. The van der Waals surface area contributed by atoms with Gasteiger partial charge in [-0.05, 0) is 66.7 Å². The van der Waals surface area contributed by atoms with Gasteiger partial charge in [-0.15, -0.1) is 0 Å². The molecular formula is C28H32N2O5. The van der Waals surface area contributed by atoms with Crippen LogP contribution in [0, 0.1) is 11.8 Å². The maximum absolute atomic E-state index is 12.8. The molecule has 0 bridgehead atoms. The molecule has 3 aliphatic carbocycles. The molecule has 2 aromatic carbocycles. The summed E-state index contributed by atoms with van der Waals surface area (Å²) >= 11 is 0. The second-order valence-corrected chi connectivity index (χ2v) is 10.3. The lowest BCUT2D eigenvalue weighted by atomic mass is 9.78. The van der Waals surface area contributed by atoms with Crippen molar-refractivity contribution in [3.8, 4) is 11.1 Å². The van der Waals surface area contributed by atoms with Crippen molar-refractivity contribution >= 4 is 18.0 Å². The Balaban J connectivity index is 1.21. The topological polar surface area (TPSA) is 105 Å². The monoisotopic (exact) mass is 476 g/mol. The molecule has 184 valence electrons. The summed E-state index contributed by atoms with van der Waals surface area (Å²) < 4.78 is 5.68. The van der Waals surface area contributed by atoms with Crippen LogP contribution in [0.1, 0.15) is 62.5 Å². The average molecular weight is 477 g/mol. The highest BCUT2D eigenvalue weighted by atomic mass is 16.5. The summed E-state index contributed by atoms with van der Waals surface area (Å²) in [7, 11) is 0. The van der Waals surface area contributed by atoms with Crippen LogP contribution >= 0.6 is 0 Å². The zero-order valence-corrected chi connectivity index (χ0v) is 20.0. The number of alkyl carbamates (subject to hydrolysis) is 1. The summed E-state index contributed by atoms with van der Waals surface area (Å²) in [6.07, 6.45) is 4.02. The van der Waals surface area contributed by atoms with E-state index >= 15 is 0 Å². The van der Waals surface area contributed by atoms with Crippen LogP contribution in [0.25, 0.3) is 11.1 Å². The number of carbonyl (C=O) groups excluding carboxylic acids is 2. The molecule has 3 N–H and O–H groups in total. The number of aliphatic carboxylic acids is 1. The van der Waals surface area contributed by atoms with Gasteiger partial charge in [0, 0.05) is 18.4 Å². The third-order valence-corrected chi connectivity index (χ3v) is 8.01. The number of carbonyl (C=O) groups is 3. The van der Waals surface area contributed by atoms with Crippen LogP contribution in [-0.4, -0.2) is 41.3 Å². The van der Waals surface area contributed by atoms with Crippen molar-refractivity contribution in [3.05, 3.63) is 59.7 Å². The van der Waals surface area contributed by atoms with Gasteiger partial charge in [-0.3, -0.25) is 4.79 Å². The van der Waals surface area contributed by atoms with E-state index in [1.54, 1.807) is 6.92 Å². The molecule has 0 radical (unpaired) electrons. The predicted octanol–water partition coefficient (Wildman–Crippen LogP) is 4.45. The van der Waals surface area contributed by atoms with E-state index < -0.39 is 17.6 Å². The van der Waals surface area contributed by atoms with Crippen LogP contribution in [0.3, 0.4) is 0 Å². The highest BCUT2D eigenvalue weighted by Gasteiger charge is 2.48. The zero-order chi connectivity index (χ0) is 24.6. The largest absolute Gasteiger partial charge is 0.480 e. The molecule has 2 aromatic rings. The lowest BCUT2D eigenvalue weighted by Gasteiger charge is -2.35. The number of nitrogens with one attached hydrogen (secondary N) is 2. The minimum absolute atomic E-state index is 0.0339. The number of benzene rings is 2. The van der Waals surface area contributed by atoms with Gasteiger partial charge in [0.15, 0.2) is 0 Å². The predicted molar refractivity (Wildman–Crippen MR) is 131 cm³/mol. The van der Waals surface area contributed by atoms with Gasteiger partial charge in [-0.1, -0.05) is 55.0 Å². The van der Waals surface area contributed by atoms with Crippen molar-refractivity contribution in [2.45, 2.75) is 62.9 Å². The van der Waals surface area contributed by atoms with Gasteiger partial charge in [-0.25, -0.2) is 9.59 Å². The van der Waals surface area contributed by atoms with Gasteiger partial charge in [0.1, 0.15) is 12.1 Å². The van der Waals surface area contributed by atoms with Crippen molar-refractivity contribution in [2.75, 3.05) is 6.61 Å². The number of fused-ring (bicyclic) bond motifs is 3. The average Bonchev–Trinajstić information content (AvgIpc) is 3.60. The van der Waals surface area contributed by atoms with E-state index in [1.165, 1.54) is 11.1 Å². The zero-order valence-electron chi connectivity index (χ0n) is 20.0. The summed E-state index contributed by atoms with van der Waals surface area (Å²) in [5.74, 6) is -1.25. The highest BCUT2D eigenvalue weighted by Crippen LogP contribution is 2.44. The molecule has 0 aromatic heterocycles. The molecule has 2 saturated carbocycles. The maximum atomic E-state index is 12.8. The third-order valence-electron chi connectivity index (χ3n) is 8.01. The Hall–Kier alpha value is -3.35. The SMILES string of the molecule is CC(NC(=O)CC(NC(=O)OCC1c2ccccc2-c2ccccc21)C1CCC1)(C(=O)O)C1CC1. The Morgan fingerprint density at radius 3 is 2.11 bits per heavy atom. The number of hydrogen-bond donors (Lipinski definition) is 3. The van der Waals surface area contributed by atoms with E-state index in [1.807, 2.05) is 24.3 Å². The first-order valence-corrected chi connectivity index (χ1v) is 12.5. The molecule has 5 rings (SSSR count). The number of rotatable bonds is 9. The van der Waals surface area contributed by atoms with Crippen molar-refractivity contribution in [1.82, 2.24) is 10.6 Å². The molecular weight excluding hydrogens is 444 g/mol. The van der Waals surface area contributed by atoms with Crippen molar-refractivity contribution < 1.29 is 24.2 Å². The molecule has 7 nitrogen and oxygen atoms in total. The van der Waals surface area contributed by atoms with Crippen molar-refractivity contribution in [2.24, 2.45) is 11.8 Å². The maximum Gasteiger partial charge on any atom is 0.407 e. The summed E-state index contributed by atoms with van der Waals surface area (Å²) in [4.78, 5) is 37.4. The fourth-order valence-corrected chi connectivity index (χ4v) is 5.50. The number of carboxylic acids is 1. The Morgan fingerprint density at radius 1 is 1.00 bits per heavy atom. The second kappa shape index (κ2) is 9.36. The number of amides is 2. The Bertz CT molecular complexity index is 1090. The van der Waals surface area contributed by atoms with E-state index in [0.717, 1.165) is 43.2 Å². The van der Waals surface area contributed by atoms with E-state index in [9.17, 15) is 19.5 Å². The van der Waals surface area contributed by atoms with Gasteiger partial charge in [0.2, 0.25) is 5.91 Å². The van der Waals surface area contributed by atoms with Crippen LogP contribution < -0.4 is 10.6 Å².